The summed E-state index contributed by atoms with van der Waals surface area (Å²) in [6.45, 7) is 1.46. The molecule has 0 bridgehead atoms. The lowest BCUT2D eigenvalue weighted by molar-refractivity contribution is -0.137. The van der Waals surface area contributed by atoms with Crippen LogP contribution in [0.15, 0.2) is 4.99 Å². The van der Waals surface area contributed by atoms with Gasteiger partial charge in [0.2, 0.25) is 0 Å². The van der Waals surface area contributed by atoms with Crippen LogP contribution in [0.4, 0.5) is 13.2 Å². The number of amidine groups is 1. The summed E-state index contributed by atoms with van der Waals surface area (Å²) in [7, 11) is 0. The molecule has 0 heterocycles. The molecule has 0 aromatic rings. The van der Waals surface area contributed by atoms with Crippen molar-refractivity contribution in [2.45, 2.75) is 57.7 Å². The summed E-state index contributed by atoms with van der Waals surface area (Å²) in [6.07, 6.45) is 0.295. The highest BCUT2D eigenvalue weighted by molar-refractivity contribution is 5.83. The molecule has 1 aliphatic carbocycles. The minimum atomic E-state index is -4.16. The lowest BCUT2D eigenvalue weighted by Crippen LogP contribution is -2.28. The molecule has 0 spiro atoms. The number of nitrogens with two attached hydrogens (primary N) is 1. The fraction of sp³-hybridized carbons (Fsp3) is 0.909. The Morgan fingerprint density at radius 1 is 1.31 bits per heavy atom. The Balaban J connectivity index is 2.47. The van der Waals surface area contributed by atoms with E-state index in [0.29, 0.717) is 5.84 Å². The van der Waals surface area contributed by atoms with Gasteiger partial charge in [-0.05, 0) is 19.8 Å². The Kier molecular flexibility index (Phi) is 4.62. The second-order valence-corrected chi connectivity index (χ2v) is 4.56. The second kappa shape index (κ2) is 5.55. The van der Waals surface area contributed by atoms with E-state index in [-0.39, 0.29) is 5.92 Å². The van der Waals surface area contributed by atoms with Crippen molar-refractivity contribution in [3.63, 3.8) is 0 Å². The van der Waals surface area contributed by atoms with Gasteiger partial charge in [0.25, 0.3) is 0 Å². The van der Waals surface area contributed by atoms with Gasteiger partial charge in [-0.3, -0.25) is 4.99 Å². The van der Waals surface area contributed by atoms with E-state index >= 15 is 0 Å². The summed E-state index contributed by atoms with van der Waals surface area (Å²) in [6, 6.07) is -0.762. The summed E-state index contributed by atoms with van der Waals surface area (Å²) in [4.78, 5) is 3.96. The van der Waals surface area contributed by atoms with E-state index in [1.165, 1.54) is 13.3 Å². The van der Waals surface area contributed by atoms with E-state index in [2.05, 4.69) is 4.99 Å². The molecule has 5 heteroatoms. The number of hydrogen-bond acceptors (Lipinski definition) is 1. The van der Waals surface area contributed by atoms with Crippen molar-refractivity contribution in [1.82, 2.24) is 0 Å². The van der Waals surface area contributed by atoms with Crippen molar-refractivity contribution in [2.75, 3.05) is 0 Å². The molecular formula is C11H19F3N2. The summed E-state index contributed by atoms with van der Waals surface area (Å²) in [5.41, 5.74) is 5.75. The molecule has 1 aliphatic rings. The molecule has 1 rings (SSSR count). The van der Waals surface area contributed by atoms with Gasteiger partial charge >= 0.3 is 6.18 Å². The first kappa shape index (κ1) is 13.3. The van der Waals surface area contributed by atoms with Crippen molar-refractivity contribution in [2.24, 2.45) is 16.6 Å². The van der Waals surface area contributed by atoms with Crippen molar-refractivity contribution < 1.29 is 13.2 Å². The van der Waals surface area contributed by atoms with E-state index < -0.39 is 18.6 Å². The second-order valence-electron chi connectivity index (χ2n) is 4.56. The van der Waals surface area contributed by atoms with Gasteiger partial charge in [-0.15, -0.1) is 0 Å². The van der Waals surface area contributed by atoms with Crippen LogP contribution < -0.4 is 5.73 Å². The third-order valence-corrected chi connectivity index (χ3v) is 2.92. The number of nitrogens with zero attached hydrogens (tertiary/aromatic N) is 1. The summed E-state index contributed by atoms with van der Waals surface area (Å²) < 4.78 is 36.3. The van der Waals surface area contributed by atoms with Crippen LogP contribution in [0.3, 0.4) is 0 Å². The first-order valence-corrected chi connectivity index (χ1v) is 5.78. The molecular weight excluding hydrogens is 217 g/mol. The van der Waals surface area contributed by atoms with Gasteiger partial charge in [-0.25, -0.2) is 0 Å². The predicted octanol–water partition coefficient (Wildman–Crippen LogP) is 3.26. The zero-order chi connectivity index (χ0) is 12.2. The largest absolute Gasteiger partial charge is 0.391 e. The predicted molar refractivity (Wildman–Crippen MR) is 58.3 cm³/mol. The Bertz CT molecular complexity index is 242. The normalized spacial score (nSPS) is 22.1. The number of rotatable bonds is 3. The molecule has 0 aliphatic heterocycles. The Hall–Kier alpha value is -0.740. The quantitative estimate of drug-likeness (QED) is 0.592. The molecule has 2 N–H and O–H groups in total. The summed E-state index contributed by atoms with van der Waals surface area (Å²) >= 11 is 0. The van der Waals surface area contributed by atoms with Gasteiger partial charge in [0, 0.05) is 5.92 Å². The Morgan fingerprint density at radius 3 is 2.38 bits per heavy atom. The van der Waals surface area contributed by atoms with E-state index in [0.717, 1.165) is 25.7 Å². The van der Waals surface area contributed by atoms with Crippen molar-refractivity contribution in [3.8, 4) is 0 Å². The standard InChI is InChI=1S/C11H19F3N2/c1-8(7-11(12,13)14)16-10(15)9-5-3-2-4-6-9/h8-9H,2-7H2,1H3,(H2,15,16). The van der Waals surface area contributed by atoms with Crippen molar-refractivity contribution in [1.29, 1.82) is 0 Å². The zero-order valence-corrected chi connectivity index (χ0v) is 9.56. The molecule has 1 unspecified atom stereocenters. The Labute approximate surface area is 94.1 Å². The maximum atomic E-state index is 12.1. The van der Waals surface area contributed by atoms with Crippen LogP contribution in [-0.2, 0) is 0 Å². The van der Waals surface area contributed by atoms with Gasteiger partial charge in [0.05, 0.1) is 18.3 Å². The zero-order valence-electron chi connectivity index (χ0n) is 9.56. The number of alkyl halides is 3. The highest BCUT2D eigenvalue weighted by atomic mass is 19.4. The molecule has 0 saturated heterocycles. The molecule has 16 heavy (non-hydrogen) atoms. The van der Waals surface area contributed by atoms with Crippen LogP contribution in [0.2, 0.25) is 0 Å². The molecule has 1 fully saturated rings. The smallest absolute Gasteiger partial charge is 0.387 e. The number of halogens is 3. The fourth-order valence-corrected chi connectivity index (χ4v) is 2.14. The van der Waals surface area contributed by atoms with Crippen LogP contribution in [0.5, 0.6) is 0 Å². The van der Waals surface area contributed by atoms with Gasteiger partial charge < -0.3 is 5.73 Å². The van der Waals surface area contributed by atoms with E-state index in [1.54, 1.807) is 0 Å². The fourth-order valence-electron chi connectivity index (χ4n) is 2.14. The van der Waals surface area contributed by atoms with Crippen LogP contribution in [0.1, 0.15) is 45.4 Å². The minimum Gasteiger partial charge on any atom is -0.387 e. The van der Waals surface area contributed by atoms with E-state index in [9.17, 15) is 13.2 Å². The Morgan fingerprint density at radius 2 is 1.88 bits per heavy atom. The monoisotopic (exact) mass is 236 g/mol. The van der Waals surface area contributed by atoms with Crippen molar-refractivity contribution >= 4 is 5.84 Å². The molecule has 2 nitrogen and oxygen atoms in total. The lowest BCUT2D eigenvalue weighted by atomic mass is 9.88. The van der Waals surface area contributed by atoms with Gasteiger partial charge in [-0.1, -0.05) is 19.3 Å². The molecule has 94 valence electrons. The summed E-state index contributed by atoms with van der Waals surface area (Å²) in [5.74, 6) is 0.612. The van der Waals surface area contributed by atoms with Gasteiger partial charge in [0.1, 0.15) is 0 Å². The van der Waals surface area contributed by atoms with Crippen LogP contribution in [0, 0.1) is 5.92 Å². The molecule has 0 aromatic carbocycles. The highest BCUT2D eigenvalue weighted by Gasteiger charge is 2.30. The van der Waals surface area contributed by atoms with E-state index in [4.69, 9.17) is 5.73 Å². The number of hydrogen-bond donors (Lipinski definition) is 1. The molecule has 0 aromatic heterocycles. The molecule has 1 atom stereocenters. The third-order valence-electron chi connectivity index (χ3n) is 2.92. The van der Waals surface area contributed by atoms with E-state index in [1.807, 2.05) is 0 Å². The van der Waals surface area contributed by atoms with Crippen LogP contribution >= 0.6 is 0 Å². The number of aliphatic imine (C=N–C) groups is 1. The molecule has 0 amide bonds. The van der Waals surface area contributed by atoms with Crippen molar-refractivity contribution in [3.05, 3.63) is 0 Å². The van der Waals surface area contributed by atoms with Crippen LogP contribution in [0.25, 0.3) is 0 Å². The minimum absolute atomic E-state index is 0.199. The van der Waals surface area contributed by atoms with Gasteiger partial charge in [-0.2, -0.15) is 13.2 Å². The van der Waals surface area contributed by atoms with Gasteiger partial charge in [0.15, 0.2) is 0 Å². The maximum Gasteiger partial charge on any atom is 0.391 e. The summed E-state index contributed by atoms with van der Waals surface area (Å²) in [5, 5.41) is 0. The topological polar surface area (TPSA) is 38.4 Å². The first-order chi connectivity index (χ1) is 7.38. The first-order valence-electron chi connectivity index (χ1n) is 5.78. The lowest BCUT2D eigenvalue weighted by Gasteiger charge is -2.22. The average Bonchev–Trinajstić information content (AvgIpc) is 2.16. The average molecular weight is 236 g/mol. The highest BCUT2D eigenvalue weighted by Crippen LogP contribution is 2.26. The molecule has 1 saturated carbocycles. The van der Waals surface area contributed by atoms with Crippen LogP contribution in [-0.4, -0.2) is 18.1 Å². The SMILES string of the molecule is CC(CC(F)(F)F)N=C(N)C1CCCCC1. The molecule has 0 radical (unpaired) electrons. The third kappa shape index (κ3) is 4.86. The maximum absolute atomic E-state index is 12.1.